The minimum atomic E-state index is -3.15. The molecule has 1 saturated carbocycles. The molecule has 0 saturated heterocycles. The molecular formula is C18H30FN3O3S. The van der Waals surface area contributed by atoms with Crippen molar-refractivity contribution >= 4 is 10.0 Å². The molecular weight excluding hydrogens is 357 g/mol. The third-order valence-corrected chi connectivity index (χ3v) is 5.67. The zero-order valence-corrected chi connectivity index (χ0v) is 16.5. The van der Waals surface area contributed by atoms with Crippen molar-refractivity contribution in [3.63, 3.8) is 0 Å². The summed E-state index contributed by atoms with van der Waals surface area (Å²) in [6.45, 7) is 4.50. The van der Waals surface area contributed by atoms with E-state index in [4.69, 9.17) is 0 Å². The van der Waals surface area contributed by atoms with Crippen molar-refractivity contribution in [1.29, 1.82) is 0 Å². The van der Waals surface area contributed by atoms with E-state index in [0.29, 0.717) is 18.0 Å². The molecule has 3 N–H and O–H groups in total. The Morgan fingerprint density at radius 1 is 1.31 bits per heavy atom. The molecule has 148 valence electrons. The van der Waals surface area contributed by atoms with Gasteiger partial charge in [0.1, 0.15) is 5.82 Å². The van der Waals surface area contributed by atoms with Crippen LogP contribution in [0.4, 0.5) is 4.39 Å². The van der Waals surface area contributed by atoms with Crippen LogP contribution in [0.25, 0.3) is 0 Å². The molecule has 6 nitrogen and oxygen atoms in total. The Morgan fingerprint density at radius 2 is 1.96 bits per heavy atom. The van der Waals surface area contributed by atoms with Crippen molar-refractivity contribution in [2.45, 2.75) is 63.6 Å². The number of pyridine rings is 1. The third-order valence-electron chi connectivity index (χ3n) is 4.91. The number of aromatic nitrogens is 1. The molecule has 0 aromatic carbocycles. The van der Waals surface area contributed by atoms with Gasteiger partial charge < -0.3 is 10.4 Å². The molecule has 0 amide bonds. The highest BCUT2D eigenvalue weighted by Crippen LogP contribution is 2.31. The van der Waals surface area contributed by atoms with Crippen LogP contribution in [0.15, 0.2) is 18.5 Å². The molecule has 0 aliphatic heterocycles. The van der Waals surface area contributed by atoms with E-state index in [1.807, 2.05) is 0 Å². The van der Waals surface area contributed by atoms with Gasteiger partial charge in [-0.1, -0.05) is 0 Å². The van der Waals surface area contributed by atoms with Gasteiger partial charge >= 0.3 is 0 Å². The quantitative estimate of drug-likeness (QED) is 0.636. The number of sulfonamides is 1. The number of aliphatic hydroxyl groups excluding tert-OH is 1. The van der Waals surface area contributed by atoms with Crippen molar-refractivity contribution in [1.82, 2.24) is 15.0 Å². The Balaban J connectivity index is 1.78. The molecule has 1 aromatic heterocycles. The number of β-amino-alcohol motifs (C(OH)–C–C–N with tert-alkyl or cyclic N) is 1. The fourth-order valence-electron chi connectivity index (χ4n) is 3.68. The molecule has 0 spiro atoms. The zero-order valence-electron chi connectivity index (χ0n) is 15.7. The van der Waals surface area contributed by atoms with E-state index in [9.17, 15) is 17.9 Å². The van der Waals surface area contributed by atoms with Crippen molar-refractivity contribution in [3.8, 4) is 0 Å². The normalized spacial score (nSPS) is 23.0. The van der Waals surface area contributed by atoms with Gasteiger partial charge in [0.2, 0.25) is 10.0 Å². The van der Waals surface area contributed by atoms with Crippen LogP contribution >= 0.6 is 0 Å². The number of halogens is 1. The maximum atomic E-state index is 13.2. The minimum Gasteiger partial charge on any atom is -0.387 e. The van der Waals surface area contributed by atoms with Crippen LogP contribution in [0.2, 0.25) is 0 Å². The molecule has 1 heterocycles. The first-order chi connectivity index (χ1) is 12.0. The van der Waals surface area contributed by atoms with Crippen molar-refractivity contribution in [3.05, 3.63) is 29.8 Å². The predicted octanol–water partition coefficient (Wildman–Crippen LogP) is 2.12. The van der Waals surface area contributed by atoms with Gasteiger partial charge in [-0.2, -0.15) is 0 Å². The minimum absolute atomic E-state index is 0.0413. The maximum Gasteiger partial charge on any atom is 0.208 e. The van der Waals surface area contributed by atoms with E-state index in [1.165, 1.54) is 18.5 Å². The van der Waals surface area contributed by atoms with Crippen LogP contribution in [0.1, 0.15) is 57.6 Å². The summed E-state index contributed by atoms with van der Waals surface area (Å²) >= 11 is 0. The smallest absolute Gasteiger partial charge is 0.208 e. The van der Waals surface area contributed by atoms with E-state index in [2.05, 4.69) is 28.9 Å². The van der Waals surface area contributed by atoms with Gasteiger partial charge in [0.15, 0.2) is 0 Å². The van der Waals surface area contributed by atoms with E-state index in [1.54, 1.807) is 0 Å². The summed E-state index contributed by atoms with van der Waals surface area (Å²) in [6, 6.07) is 1.34. The van der Waals surface area contributed by atoms with Crippen molar-refractivity contribution < 1.29 is 17.9 Å². The van der Waals surface area contributed by atoms with Crippen LogP contribution in [0, 0.1) is 11.7 Å². The molecule has 2 rings (SSSR count). The first kappa shape index (κ1) is 21.2. The molecule has 1 atom stereocenters. The van der Waals surface area contributed by atoms with Crippen LogP contribution < -0.4 is 10.0 Å². The lowest BCUT2D eigenvalue weighted by atomic mass is 9.79. The average molecular weight is 388 g/mol. The largest absolute Gasteiger partial charge is 0.387 e. The monoisotopic (exact) mass is 387 g/mol. The highest BCUT2D eigenvalue weighted by Gasteiger charge is 2.28. The second-order valence-corrected chi connectivity index (χ2v) is 9.81. The Bertz CT molecular complexity index is 689. The van der Waals surface area contributed by atoms with Crippen molar-refractivity contribution in [2.75, 3.05) is 12.8 Å². The summed E-state index contributed by atoms with van der Waals surface area (Å²) in [6.07, 6.45) is 7.58. The molecule has 1 fully saturated rings. The Labute approximate surface area is 155 Å². The van der Waals surface area contributed by atoms with Gasteiger partial charge in [-0.25, -0.2) is 17.5 Å². The molecule has 1 aliphatic rings. The Kier molecular flexibility index (Phi) is 7.12. The number of nitrogens with zero attached hydrogens (tertiary/aromatic N) is 1. The second-order valence-electron chi connectivity index (χ2n) is 8.03. The SMILES string of the molecule is CC(C)(CC1CCC(NS(C)(=O)=O)CC1)NC[C@H](O)c1cncc(F)c1. The second kappa shape index (κ2) is 8.73. The third kappa shape index (κ3) is 7.26. The molecule has 8 heteroatoms. The Morgan fingerprint density at radius 3 is 2.54 bits per heavy atom. The Hall–Kier alpha value is -1.09. The van der Waals surface area contributed by atoms with E-state index >= 15 is 0 Å². The number of nitrogens with one attached hydrogen (secondary N) is 2. The summed E-state index contributed by atoms with van der Waals surface area (Å²) in [7, 11) is -3.15. The van der Waals surface area contributed by atoms with E-state index < -0.39 is 21.9 Å². The van der Waals surface area contributed by atoms with Crippen molar-refractivity contribution in [2.24, 2.45) is 5.92 Å². The highest BCUT2D eigenvalue weighted by atomic mass is 32.2. The van der Waals surface area contributed by atoms with Crippen LogP contribution in [-0.2, 0) is 10.0 Å². The first-order valence-corrected chi connectivity index (χ1v) is 10.9. The van der Waals surface area contributed by atoms with Gasteiger partial charge in [0.05, 0.1) is 18.6 Å². The summed E-state index contributed by atoms with van der Waals surface area (Å²) in [5.41, 5.74) is 0.282. The van der Waals surface area contributed by atoms with Crippen LogP contribution in [-0.4, -0.2) is 42.9 Å². The summed E-state index contributed by atoms with van der Waals surface area (Å²) < 4.78 is 38.5. The summed E-state index contributed by atoms with van der Waals surface area (Å²) in [5.74, 6) is 0.0587. The van der Waals surface area contributed by atoms with Gasteiger partial charge in [0.25, 0.3) is 0 Å². The molecule has 0 unspecified atom stereocenters. The lowest BCUT2D eigenvalue weighted by molar-refractivity contribution is 0.149. The number of hydrogen-bond donors (Lipinski definition) is 3. The highest BCUT2D eigenvalue weighted by molar-refractivity contribution is 7.88. The van der Waals surface area contributed by atoms with E-state index in [0.717, 1.165) is 38.3 Å². The van der Waals surface area contributed by atoms with Crippen LogP contribution in [0.3, 0.4) is 0 Å². The molecule has 0 bridgehead atoms. The van der Waals surface area contributed by atoms with Gasteiger partial charge in [-0.3, -0.25) is 4.98 Å². The molecule has 0 radical (unpaired) electrons. The number of hydrogen-bond acceptors (Lipinski definition) is 5. The first-order valence-electron chi connectivity index (χ1n) is 9.05. The standard InChI is InChI=1S/C18H30FN3O3S/c1-18(2,21-12-17(23)14-8-15(19)11-20-10-14)9-13-4-6-16(7-5-13)22-26(3,24)25/h8,10-11,13,16-17,21-23H,4-7,9,12H2,1-3H3/t13?,16?,17-/m0/s1. The number of aliphatic hydroxyl groups is 1. The van der Waals surface area contributed by atoms with Gasteiger partial charge in [0, 0.05) is 29.9 Å². The van der Waals surface area contributed by atoms with Crippen LogP contribution in [0.5, 0.6) is 0 Å². The molecule has 1 aromatic rings. The fourth-order valence-corrected chi connectivity index (χ4v) is 4.52. The number of rotatable bonds is 8. The zero-order chi connectivity index (χ0) is 19.4. The predicted molar refractivity (Wildman–Crippen MR) is 99.6 cm³/mol. The lowest BCUT2D eigenvalue weighted by Crippen LogP contribution is -2.44. The fraction of sp³-hybridized carbons (Fsp3) is 0.722. The van der Waals surface area contributed by atoms with Gasteiger partial charge in [-0.05, 0) is 57.9 Å². The average Bonchev–Trinajstić information content (AvgIpc) is 2.53. The summed E-state index contributed by atoms with van der Waals surface area (Å²) in [4.78, 5) is 3.76. The molecule has 1 aliphatic carbocycles. The topological polar surface area (TPSA) is 91.3 Å². The molecule has 26 heavy (non-hydrogen) atoms. The van der Waals surface area contributed by atoms with Gasteiger partial charge in [-0.15, -0.1) is 0 Å². The summed E-state index contributed by atoms with van der Waals surface area (Å²) in [5, 5.41) is 13.6. The van der Waals surface area contributed by atoms with E-state index in [-0.39, 0.29) is 11.6 Å². The lowest BCUT2D eigenvalue weighted by Gasteiger charge is -2.35. The maximum absolute atomic E-state index is 13.2.